The summed E-state index contributed by atoms with van der Waals surface area (Å²) in [4.78, 5) is 23.0. The van der Waals surface area contributed by atoms with Gasteiger partial charge < -0.3 is 5.32 Å². The maximum atomic E-state index is 12.0. The van der Waals surface area contributed by atoms with Crippen LogP contribution in [0.5, 0.6) is 0 Å². The molecule has 0 heterocycles. The maximum absolute atomic E-state index is 12.0. The van der Waals surface area contributed by atoms with Gasteiger partial charge in [0, 0.05) is 10.2 Å². The molecule has 0 radical (unpaired) electrons. The zero-order chi connectivity index (χ0) is 13.7. The quantitative estimate of drug-likeness (QED) is 0.697. The Morgan fingerprint density at radius 3 is 2.21 bits per heavy atom. The third kappa shape index (κ3) is 3.41. The summed E-state index contributed by atoms with van der Waals surface area (Å²) in [6.45, 7) is 0. The third-order valence-electron chi connectivity index (χ3n) is 2.49. The Kier molecular flexibility index (Phi) is 4.29. The largest absolute Gasteiger partial charge is 0.321 e. The molecule has 2 rings (SSSR count). The molecule has 0 atom stereocenters. The maximum Gasteiger partial charge on any atom is 0.267 e. The molecule has 3 nitrogen and oxygen atoms in total. The van der Waals surface area contributed by atoms with Crippen molar-refractivity contribution in [1.82, 2.24) is 0 Å². The number of amides is 1. The second-order valence-corrected chi connectivity index (χ2v) is 4.72. The average molecular weight is 316 g/mol. The Morgan fingerprint density at radius 1 is 1.00 bits per heavy atom. The van der Waals surface area contributed by atoms with Crippen LogP contribution in [0.4, 0.5) is 5.69 Å². The van der Waals surface area contributed by atoms with Gasteiger partial charge in [-0.1, -0.05) is 46.3 Å². The summed E-state index contributed by atoms with van der Waals surface area (Å²) in [5.74, 6) is 1.23. The van der Waals surface area contributed by atoms with E-state index in [0.717, 1.165) is 4.47 Å². The first kappa shape index (κ1) is 13.3. The first-order valence-corrected chi connectivity index (χ1v) is 6.37. The van der Waals surface area contributed by atoms with Gasteiger partial charge in [-0.2, -0.15) is 0 Å². The van der Waals surface area contributed by atoms with Gasteiger partial charge in [0.15, 0.2) is 0 Å². The van der Waals surface area contributed by atoms with Crippen LogP contribution in [-0.2, 0) is 9.59 Å². The molecule has 19 heavy (non-hydrogen) atoms. The lowest BCUT2D eigenvalue weighted by molar-refractivity contribution is -0.111. The molecule has 0 unspecified atom stereocenters. The monoisotopic (exact) mass is 315 g/mol. The Hall–Kier alpha value is -2.16. The summed E-state index contributed by atoms with van der Waals surface area (Å²) in [7, 11) is 0. The van der Waals surface area contributed by atoms with E-state index in [4.69, 9.17) is 0 Å². The molecule has 0 bridgehead atoms. The molecule has 0 aliphatic rings. The number of hydrogen-bond acceptors (Lipinski definition) is 2. The molecule has 0 aromatic heterocycles. The molecule has 1 N–H and O–H groups in total. The number of anilines is 1. The number of nitrogens with one attached hydrogen (secondary N) is 1. The van der Waals surface area contributed by atoms with Gasteiger partial charge in [-0.3, -0.25) is 4.79 Å². The van der Waals surface area contributed by atoms with Crippen molar-refractivity contribution in [3.63, 3.8) is 0 Å². The molecule has 0 saturated heterocycles. The van der Waals surface area contributed by atoms with E-state index < -0.39 is 5.91 Å². The van der Waals surface area contributed by atoms with E-state index in [0.29, 0.717) is 11.3 Å². The highest BCUT2D eigenvalue weighted by atomic mass is 79.9. The van der Waals surface area contributed by atoms with E-state index in [2.05, 4.69) is 21.2 Å². The number of benzene rings is 2. The Bertz CT molecular complexity index is 629. The van der Waals surface area contributed by atoms with Crippen LogP contribution in [0, 0.1) is 0 Å². The fourth-order valence-corrected chi connectivity index (χ4v) is 1.83. The molecule has 0 aliphatic carbocycles. The van der Waals surface area contributed by atoms with Crippen molar-refractivity contribution in [2.75, 3.05) is 5.32 Å². The van der Waals surface area contributed by atoms with Gasteiger partial charge >= 0.3 is 0 Å². The minimum Gasteiger partial charge on any atom is -0.321 e. The first-order valence-electron chi connectivity index (χ1n) is 5.58. The van der Waals surface area contributed by atoms with Crippen LogP contribution >= 0.6 is 15.9 Å². The van der Waals surface area contributed by atoms with Crippen LogP contribution in [-0.4, -0.2) is 11.8 Å². The molecule has 2 aromatic carbocycles. The van der Waals surface area contributed by atoms with Crippen molar-refractivity contribution in [3.05, 3.63) is 64.6 Å². The van der Waals surface area contributed by atoms with E-state index in [-0.39, 0.29) is 5.57 Å². The van der Waals surface area contributed by atoms with Gasteiger partial charge in [0.25, 0.3) is 5.91 Å². The standard InChI is InChI=1S/C15H10BrNO2/c16-12-6-8-13(9-7-12)17-15(19)14(10-18)11-4-2-1-3-5-11/h1-9H,(H,17,19). The summed E-state index contributed by atoms with van der Waals surface area (Å²) in [5.41, 5.74) is 1.16. The van der Waals surface area contributed by atoms with Crippen molar-refractivity contribution in [2.45, 2.75) is 0 Å². The van der Waals surface area contributed by atoms with E-state index >= 15 is 0 Å². The molecule has 0 fully saturated rings. The summed E-state index contributed by atoms with van der Waals surface area (Å²) >= 11 is 3.31. The van der Waals surface area contributed by atoms with Crippen LogP contribution in [0.1, 0.15) is 5.56 Å². The molecule has 4 heteroatoms. The zero-order valence-corrected chi connectivity index (χ0v) is 11.5. The highest BCUT2D eigenvalue weighted by Crippen LogP contribution is 2.17. The molecule has 0 aliphatic heterocycles. The average Bonchev–Trinajstić information content (AvgIpc) is 2.43. The summed E-state index contributed by atoms with van der Waals surface area (Å²) in [6.07, 6.45) is 0. The predicted octanol–water partition coefficient (Wildman–Crippen LogP) is 3.30. The van der Waals surface area contributed by atoms with Gasteiger partial charge in [-0.25, -0.2) is 4.79 Å². The minimum absolute atomic E-state index is 0.0106. The Balaban J connectivity index is 2.19. The molecular formula is C15H10BrNO2. The topological polar surface area (TPSA) is 46.2 Å². The highest BCUT2D eigenvalue weighted by Gasteiger charge is 2.13. The normalized spacial score (nSPS) is 9.53. The molecule has 2 aromatic rings. The van der Waals surface area contributed by atoms with E-state index in [1.54, 1.807) is 42.3 Å². The van der Waals surface area contributed by atoms with Crippen LogP contribution < -0.4 is 5.32 Å². The van der Waals surface area contributed by atoms with Crippen molar-refractivity contribution >= 4 is 39.0 Å². The van der Waals surface area contributed by atoms with E-state index in [9.17, 15) is 9.59 Å². The number of carbonyl (C=O) groups excluding carboxylic acids is 2. The van der Waals surface area contributed by atoms with Crippen molar-refractivity contribution in [1.29, 1.82) is 0 Å². The lowest BCUT2D eigenvalue weighted by atomic mass is 10.1. The SMILES string of the molecule is O=C=C(C(=O)Nc1ccc(Br)cc1)c1ccccc1. The number of hydrogen-bond donors (Lipinski definition) is 1. The third-order valence-corrected chi connectivity index (χ3v) is 3.02. The predicted molar refractivity (Wildman–Crippen MR) is 78.3 cm³/mol. The fraction of sp³-hybridized carbons (Fsp3) is 0. The van der Waals surface area contributed by atoms with Crippen LogP contribution in [0.25, 0.3) is 5.57 Å². The van der Waals surface area contributed by atoms with Crippen molar-refractivity contribution in [3.8, 4) is 0 Å². The second kappa shape index (κ2) is 6.14. The smallest absolute Gasteiger partial charge is 0.267 e. The van der Waals surface area contributed by atoms with Crippen LogP contribution in [0.15, 0.2) is 59.1 Å². The number of carbonyl (C=O) groups is 1. The lowest BCUT2D eigenvalue weighted by Crippen LogP contribution is -2.14. The number of rotatable bonds is 3. The van der Waals surface area contributed by atoms with Gasteiger partial charge in [0.1, 0.15) is 11.5 Å². The molecular weight excluding hydrogens is 306 g/mol. The van der Waals surface area contributed by atoms with E-state index in [1.165, 1.54) is 0 Å². The summed E-state index contributed by atoms with van der Waals surface area (Å²) in [6, 6.07) is 15.8. The van der Waals surface area contributed by atoms with Crippen LogP contribution in [0.3, 0.4) is 0 Å². The second-order valence-electron chi connectivity index (χ2n) is 3.80. The minimum atomic E-state index is -0.469. The highest BCUT2D eigenvalue weighted by molar-refractivity contribution is 9.10. The Morgan fingerprint density at radius 2 is 1.63 bits per heavy atom. The lowest BCUT2D eigenvalue weighted by Gasteiger charge is -2.06. The van der Waals surface area contributed by atoms with Crippen molar-refractivity contribution in [2.24, 2.45) is 0 Å². The van der Waals surface area contributed by atoms with Gasteiger partial charge in [-0.15, -0.1) is 0 Å². The van der Waals surface area contributed by atoms with Gasteiger partial charge in [-0.05, 0) is 29.8 Å². The molecule has 0 spiro atoms. The van der Waals surface area contributed by atoms with Crippen molar-refractivity contribution < 1.29 is 9.59 Å². The van der Waals surface area contributed by atoms with Crippen LogP contribution in [0.2, 0.25) is 0 Å². The fourth-order valence-electron chi connectivity index (χ4n) is 1.57. The van der Waals surface area contributed by atoms with E-state index in [1.807, 2.05) is 18.2 Å². The summed E-state index contributed by atoms with van der Waals surface area (Å²) < 4.78 is 0.916. The van der Waals surface area contributed by atoms with Gasteiger partial charge in [0.05, 0.1) is 0 Å². The molecule has 94 valence electrons. The molecule has 0 saturated carbocycles. The van der Waals surface area contributed by atoms with Gasteiger partial charge in [0.2, 0.25) is 0 Å². The first-order chi connectivity index (χ1) is 9.20. The number of halogens is 1. The molecule has 1 amide bonds. The zero-order valence-electron chi connectivity index (χ0n) is 9.89. The summed E-state index contributed by atoms with van der Waals surface area (Å²) in [5, 5.41) is 2.66. The Labute approximate surface area is 119 Å².